The van der Waals surface area contributed by atoms with Gasteiger partial charge in [-0.05, 0) is 46.5 Å². The van der Waals surface area contributed by atoms with Crippen LogP contribution in [0.3, 0.4) is 0 Å². The van der Waals surface area contributed by atoms with Crippen LogP contribution in [-0.4, -0.2) is 12.5 Å². The number of amides is 1. The Hall–Kier alpha value is -1.03. The molecule has 0 fully saturated rings. The second-order valence-corrected chi connectivity index (χ2v) is 5.72. The molecule has 1 aromatic rings. The molecule has 3 nitrogen and oxygen atoms in total. The maximum absolute atomic E-state index is 12.1. The van der Waals surface area contributed by atoms with Crippen LogP contribution in [0, 0.1) is 5.92 Å². The van der Waals surface area contributed by atoms with Crippen molar-refractivity contribution >= 4 is 27.5 Å². The molecular weight excluding hydrogens is 304 g/mol. The first-order valence-corrected chi connectivity index (χ1v) is 7.71. The molecule has 0 heterocycles. The number of nitrogens with two attached hydrogens (primary N) is 1. The summed E-state index contributed by atoms with van der Waals surface area (Å²) in [6, 6.07) is 5.28. The SMILES string of the molecule is CCCCC(CC)CNC(=O)c1cc(N)ccc1Br. The molecule has 0 radical (unpaired) electrons. The van der Waals surface area contributed by atoms with Crippen LogP contribution in [-0.2, 0) is 0 Å². The molecule has 1 rings (SSSR count). The van der Waals surface area contributed by atoms with Crippen LogP contribution in [0.2, 0.25) is 0 Å². The minimum Gasteiger partial charge on any atom is -0.399 e. The average Bonchev–Trinajstić information content (AvgIpc) is 2.41. The molecule has 19 heavy (non-hydrogen) atoms. The summed E-state index contributed by atoms with van der Waals surface area (Å²) < 4.78 is 0.779. The second kappa shape index (κ2) is 8.20. The maximum atomic E-state index is 12.1. The van der Waals surface area contributed by atoms with Crippen LogP contribution in [0.5, 0.6) is 0 Å². The highest BCUT2D eigenvalue weighted by molar-refractivity contribution is 9.10. The van der Waals surface area contributed by atoms with Crippen molar-refractivity contribution in [2.45, 2.75) is 39.5 Å². The molecule has 0 spiro atoms. The summed E-state index contributed by atoms with van der Waals surface area (Å²) in [7, 11) is 0. The van der Waals surface area contributed by atoms with Crippen molar-refractivity contribution in [1.29, 1.82) is 0 Å². The van der Waals surface area contributed by atoms with Gasteiger partial charge in [-0.25, -0.2) is 0 Å². The van der Waals surface area contributed by atoms with Crippen molar-refractivity contribution in [2.75, 3.05) is 12.3 Å². The lowest BCUT2D eigenvalue weighted by Crippen LogP contribution is -2.29. The number of hydrogen-bond acceptors (Lipinski definition) is 2. The van der Waals surface area contributed by atoms with E-state index in [9.17, 15) is 4.79 Å². The van der Waals surface area contributed by atoms with Crippen molar-refractivity contribution in [3.05, 3.63) is 28.2 Å². The van der Waals surface area contributed by atoms with Crippen LogP contribution in [0.25, 0.3) is 0 Å². The molecule has 0 saturated carbocycles. The number of benzene rings is 1. The average molecular weight is 327 g/mol. The van der Waals surface area contributed by atoms with Gasteiger partial charge in [0.05, 0.1) is 5.56 Å². The third kappa shape index (κ3) is 5.23. The summed E-state index contributed by atoms with van der Waals surface area (Å²) in [5.74, 6) is 0.498. The van der Waals surface area contributed by atoms with E-state index in [1.54, 1.807) is 18.2 Å². The van der Waals surface area contributed by atoms with Crippen molar-refractivity contribution in [2.24, 2.45) is 5.92 Å². The van der Waals surface area contributed by atoms with E-state index in [2.05, 4.69) is 35.1 Å². The minimum atomic E-state index is -0.0610. The van der Waals surface area contributed by atoms with Crippen molar-refractivity contribution in [3.8, 4) is 0 Å². The molecule has 0 aromatic heterocycles. The Morgan fingerprint density at radius 2 is 2.16 bits per heavy atom. The van der Waals surface area contributed by atoms with Crippen LogP contribution in [0.4, 0.5) is 5.69 Å². The Kier molecular flexibility index (Phi) is 6.92. The Labute approximate surface area is 124 Å². The lowest BCUT2D eigenvalue weighted by molar-refractivity contribution is 0.0945. The summed E-state index contributed by atoms with van der Waals surface area (Å²) >= 11 is 3.38. The fourth-order valence-corrected chi connectivity index (χ4v) is 2.42. The van der Waals surface area contributed by atoms with Crippen LogP contribution in [0.15, 0.2) is 22.7 Å². The first-order valence-electron chi connectivity index (χ1n) is 6.91. The van der Waals surface area contributed by atoms with Gasteiger partial charge in [-0.2, -0.15) is 0 Å². The van der Waals surface area contributed by atoms with E-state index in [0.717, 1.165) is 17.4 Å². The summed E-state index contributed by atoms with van der Waals surface area (Å²) in [5, 5.41) is 3.00. The third-order valence-corrected chi connectivity index (χ3v) is 4.02. The normalized spacial score (nSPS) is 12.2. The highest BCUT2D eigenvalue weighted by atomic mass is 79.9. The number of hydrogen-bond donors (Lipinski definition) is 2. The van der Waals surface area contributed by atoms with Crippen LogP contribution < -0.4 is 11.1 Å². The monoisotopic (exact) mass is 326 g/mol. The standard InChI is InChI=1S/C15H23BrN2O/c1-3-5-6-11(4-2)10-18-15(19)13-9-12(17)7-8-14(13)16/h7-9,11H,3-6,10,17H2,1-2H3,(H,18,19). The van der Waals surface area contributed by atoms with Crippen molar-refractivity contribution < 1.29 is 4.79 Å². The molecule has 0 aliphatic carbocycles. The zero-order valence-corrected chi connectivity index (χ0v) is 13.3. The van der Waals surface area contributed by atoms with Gasteiger partial charge < -0.3 is 11.1 Å². The lowest BCUT2D eigenvalue weighted by Gasteiger charge is -2.15. The maximum Gasteiger partial charge on any atom is 0.252 e. The number of anilines is 1. The smallest absolute Gasteiger partial charge is 0.252 e. The quantitative estimate of drug-likeness (QED) is 0.744. The molecule has 106 valence electrons. The topological polar surface area (TPSA) is 55.1 Å². The van der Waals surface area contributed by atoms with Gasteiger partial charge >= 0.3 is 0 Å². The van der Waals surface area contributed by atoms with Gasteiger partial charge in [-0.15, -0.1) is 0 Å². The van der Waals surface area contributed by atoms with E-state index in [1.807, 2.05) is 0 Å². The molecule has 3 N–H and O–H groups in total. The van der Waals surface area contributed by atoms with Gasteiger partial charge in [-0.1, -0.05) is 33.1 Å². The first-order chi connectivity index (χ1) is 9.08. The molecule has 1 amide bonds. The number of carbonyl (C=O) groups is 1. The Balaban J connectivity index is 2.56. The van der Waals surface area contributed by atoms with E-state index < -0.39 is 0 Å². The number of nitrogen functional groups attached to an aromatic ring is 1. The van der Waals surface area contributed by atoms with Gasteiger partial charge in [0.15, 0.2) is 0 Å². The summed E-state index contributed by atoms with van der Waals surface area (Å²) in [6.45, 7) is 5.09. The number of unbranched alkanes of at least 4 members (excludes halogenated alkanes) is 1. The summed E-state index contributed by atoms with van der Waals surface area (Å²) in [5.41, 5.74) is 6.92. The minimum absolute atomic E-state index is 0.0610. The van der Waals surface area contributed by atoms with E-state index in [-0.39, 0.29) is 5.91 Å². The van der Waals surface area contributed by atoms with Crippen molar-refractivity contribution in [3.63, 3.8) is 0 Å². The van der Waals surface area contributed by atoms with Gasteiger partial charge in [0.2, 0.25) is 0 Å². The summed E-state index contributed by atoms with van der Waals surface area (Å²) in [6.07, 6.45) is 4.69. The lowest BCUT2D eigenvalue weighted by atomic mass is 9.99. The fourth-order valence-electron chi connectivity index (χ4n) is 1.99. The van der Waals surface area contributed by atoms with E-state index in [4.69, 9.17) is 5.73 Å². The zero-order valence-electron chi connectivity index (χ0n) is 11.7. The molecule has 1 atom stereocenters. The van der Waals surface area contributed by atoms with Gasteiger partial charge in [0, 0.05) is 16.7 Å². The molecule has 1 aromatic carbocycles. The Morgan fingerprint density at radius 3 is 2.79 bits per heavy atom. The highest BCUT2D eigenvalue weighted by Crippen LogP contribution is 2.19. The molecule has 1 unspecified atom stereocenters. The van der Waals surface area contributed by atoms with Gasteiger partial charge in [0.1, 0.15) is 0 Å². The molecule has 0 saturated heterocycles. The zero-order chi connectivity index (χ0) is 14.3. The molecule has 4 heteroatoms. The number of rotatable bonds is 7. The number of nitrogens with one attached hydrogen (secondary N) is 1. The van der Waals surface area contributed by atoms with Crippen LogP contribution >= 0.6 is 15.9 Å². The number of carbonyl (C=O) groups excluding carboxylic acids is 1. The molecular formula is C15H23BrN2O. The number of halogens is 1. The molecule has 0 aliphatic heterocycles. The van der Waals surface area contributed by atoms with E-state index >= 15 is 0 Å². The predicted molar refractivity (Wildman–Crippen MR) is 84.2 cm³/mol. The second-order valence-electron chi connectivity index (χ2n) is 4.87. The predicted octanol–water partition coefficient (Wildman–Crippen LogP) is 3.98. The van der Waals surface area contributed by atoms with E-state index in [1.165, 1.54) is 19.3 Å². The highest BCUT2D eigenvalue weighted by Gasteiger charge is 2.12. The van der Waals surface area contributed by atoms with Gasteiger partial charge in [-0.3, -0.25) is 4.79 Å². The largest absolute Gasteiger partial charge is 0.399 e. The summed E-state index contributed by atoms with van der Waals surface area (Å²) in [4.78, 5) is 12.1. The van der Waals surface area contributed by atoms with Crippen molar-refractivity contribution in [1.82, 2.24) is 5.32 Å². The third-order valence-electron chi connectivity index (χ3n) is 3.33. The van der Waals surface area contributed by atoms with E-state index in [0.29, 0.717) is 17.2 Å². The fraction of sp³-hybridized carbons (Fsp3) is 0.533. The van der Waals surface area contributed by atoms with Gasteiger partial charge in [0.25, 0.3) is 5.91 Å². The first kappa shape index (κ1) is 16.0. The molecule has 0 bridgehead atoms. The Morgan fingerprint density at radius 1 is 1.42 bits per heavy atom. The Bertz CT molecular complexity index is 421. The van der Waals surface area contributed by atoms with Crippen LogP contribution in [0.1, 0.15) is 49.9 Å². The molecule has 0 aliphatic rings.